The minimum absolute atomic E-state index is 0.343. The number of ether oxygens (including phenoxy) is 2. The molecule has 0 saturated heterocycles. The maximum Gasteiger partial charge on any atom is 0.149 e. The van der Waals surface area contributed by atoms with E-state index in [-0.39, 0.29) is 0 Å². The van der Waals surface area contributed by atoms with Gasteiger partial charge in [0.05, 0.1) is 11.1 Å². The van der Waals surface area contributed by atoms with Crippen LogP contribution in [0.4, 0.5) is 0 Å². The van der Waals surface area contributed by atoms with Crippen molar-refractivity contribution in [2.24, 2.45) is 0 Å². The Labute approximate surface area is 227 Å². The van der Waals surface area contributed by atoms with Crippen LogP contribution in [-0.4, -0.2) is 13.2 Å². The number of fused-ring (bicyclic) bond motifs is 2. The molecule has 0 atom stereocenters. The Bertz CT molecular complexity index is 1440. The summed E-state index contributed by atoms with van der Waals surface area (Å²) in [4.78, 5) is 0. The van der Waals surface area contributed by atoms with E-state index in [0.717, 1.165) is 82.7 Å². The first kappa shape index (κ1) is 26.7. The monoisotopic (exact) mass is 498 g/mol. The molecule has 0 aromatic heterocycles. The molecular formula is C36H34O2. The lowest BCUT2D eigenvalue weighted by molar-refractivity contribution is 0.369. The van der Waals surface area contributed by atoms with Gasteiger partial charge in [-0.3, -0.25) is 0 Å². The minimum Gasteiger partial charge on any atom is -0.480 e. The van der Waals surface area contributed by atoms with Crippen LogP contribution >= 0.6 is 0 Å². The molecule has 0 aliphatic carbocycles. The predicted molar refractivity (Wildman–Crippen MR) is 159 cm³/mol. The Morgan fingerprint density at radius 3 is 1.42 bits per heavy atom. The largest absolute Gasteiger partial charge is 0.480 e. The molecule has 0 saturated carbocycles. The van der Waals surface area contributed by atoms with Crippen LogP contribution < -0.4 is 9.47 Å². The van der Waals surface area contributed by atoms with Crippen LogP contribution in [0.15, 0.2) is 72.8 Å². The van der Waals surface area contributed by atoms with Crippen molar-refractivity contribution >= 4 is 21.5 Å². The van der Waals surface area contributed by atoms with Gasteiger partial charge in [0.2, 0.25) is 0 Å². The van der Waals surface area contributed by atoms with E-state index in [1.165, 1.54) is 0 Å². The highest BCUT2D eigenvalue weighted by Crippen LogP contribution is 2.30. The molecule has 0 aliphatic heterocycles. The van der Waals surface area contributed by atoms with Gasteiger partial charge in [-0.25, -0.2) is 0 Å². The first-order valence-corrected chi connectivity index (χ1v) is 13.5. The van der Waals surface area contributed by atoms with Crippen LogP contribution in [0.3, 0.4) is 0 Å². The van der Waals surface area contributed by atoms with Gasteiger partial charge in [0.1, 0.15) is 24.7 Å². The second kappa shape index (κ2) is 14.4. The molecule has 2 heteroatoms. The van der Waals surface area contributed by atoms with Gasteiger partial charge in [0.15, 0.2) is 0 Å². The van der Waals surface area contributed by atoms with Gasteiger partial charge >= 0.3 is 0 Å². The maximum absolute atomic E-state index is 6.12. The lowest BCUT2D eigenvalue weighted by Crippen LogP contribution is -1.98. The van der Waals surface area contributed by atoms with Crippen molar-refractivity contribution in [3.63, 3.8) is 0 Å². The smallest absolute Gasteiger partial charge is 0.149 e. The summed E-state index contributed by atoms with van der Waals surface area (Å²) in [7, 11) is 0. The van der Waals surface area contributed by atoms with Gasteiger partial charge in [-0.1, -0.05) is 123 Å². The number of hydrogen-bond donors (Lipinski definition) is 0. The summed E-state index contributed by atoms with van der Waals surface area (Å²) in [5.74, 6) is 21.0. The van der Waals surface area contributed by atoms with Gasteiger partial charge in [-0.15, -0.1) is 0 Å². The van der Waals surface area contributed by atoms with Crippen molar-refractivity contribution in [3.8, 4) is 47.0 Å². The third kappa shape index (κ3) is 7.13. The number of unbranched alkanes of at least 4 members (excludes halogenated alkanes) is 4. The third-order valence-corrected chi connectivity index (χ3v) is 6.25. The van der Waals surface area contributed by atoms with Crippen molar-refractivity contribution in [1.82, 2.24) is 0 Å². The van der Waals surface area contributed by atoms with Crippen LogP contribution in [0.5, 0.6) is 11.5 Å². The zero-order valence-electron chi connectivity index (χ0n) is 22.4. The van der Waals surface area contributed by atoms with Crippen LogP contribution in [0.1, 0.15) is 63.5 Å². The van der Waals surface area contributed by atoms with Crippen molar-refractivity contribution < 1.29 is 9.47 Å². The van der Waals surface area contributed by atoms with E-state index < -0.39 is 0 Å². The number of rotatable bonds is 8. The molecule has 4 aromatic rings. The first-order chi connectivity index (χ1) is 18.8. The molecule has 2 nitrogen and oxygen atoms in total. The lowest BCUT2D eigenvalue weighted by Gasteiger charge is -2.10. The summed E-state index contributed by atoms with van der Waals surface area (Å²) in [5.41, 5.74) is 1.72. The molecule has 0 radical (unpaired) electrons. The van der Waals surface area contributed by atoms with Crippen molar-refractivity contribution in [1.29, 1.82) is 0 Å². The molecule has 0 bridgehead atoms. The fourth-order valence-electron chi connectivity index (χ4n) is 4.16. The quantitative estimate of drug-likeness (QED) is 0.179. The van der Waals surface area contributed by atoms with E-state index in [0.29, 0.717) is 13.2 Å². The maximum atomic E-state index is 6.12. The van der Waals surface area contributed by atoms with Crippen molar-refractivity contribution in [2.45, 2.75) is 52.4 Å². The van der Waals surface area contributed by atoms with E-state index in [4.69, 9.17) is 9.47 Å². The Balaban J connectivity index is 1.71. The Morgan fingerprint density at radius 2 is 0.974 bits per heavy atom. The average molecular weight is 499 g/mol. The Hall–Kier alpha value is -4.32. The fourth-order valence-corrected chi connectivity index (χ4v) is 4.16. The van der Waals surface area contributed by atoms with E-state index in [9.17, 15) is 0 Å². The normalized spacial score (nSPS) is 10.1. The van der Waals surface area contributed by atoms with Crippen LogP contribution in [0.2, 0.25) is 0 Å². The molecule has 0 amide bonds. The highest BCUT2D eigenvalue weighted by molar-refractivity contribution is 5.93. The van der Waals surface area contributed by atoms with E-state index in [1.807, 2.05) is 36.4 Å². The Kier molecular flexibility index (Phi) is 10.2. The predicted octanol–water partition coefficient (Wildman–Crippen LogP) is 8.54. The number of benzene rings is 4. The lowest BCUT2D eigenvalue weighted by atomic mass is 10.0. The van der Waals surface area contributed by atoms with Crippen LogP contribution in [0.25, 0.3) is 21.5 Å². The second-order valence-corrected chi connectivity index (χ2v) is 9.06. The second-order valence-electron chi connectivity index (χ2n) is 9.06. The highest BCUT2D eigenvalue weighted by Gasteiger charge is 2.09. The van der Waals surface area contributed by atoms with E-state index in [2.05, 4.69) is 85.8 Å². The summed E-state index contributed by atoms with van der Waals surface area (Å²) in [6, 6.07) is 24.6. The van der Waals surface area contributed by atoms with Crippen molar-refractivity contribution in [2.75, 3.05) is 13.2 Å². The minimum atomic E-state index is 0.343. The SMILES string of the molecule is CCCCC#CCOc1ccc2ccccc2c1C#Cc1c(OCC#CCCCC)ccc2ccccc12. The average Bonchev–Trinajstić information content (AvgIpc) is 2.96. The van der Waals surface area contributed by atoms with Crippen LogP contribution in [0, 0.1) is 35.5 Å². The molecule has 0 fully saturated rings. The first-order valence-electron chi connectivity index (χ1n) is 13.5. The number of hydrogen-bond acceptors (Lipinski definition) is 2. The molecule has 0 unspecified atom stereocenters. The van der Waals surface area contributed by atoms with E-state index >= 15 is 0 Å². The van der Waals surface area contributed by atoms with Gasteiger partial charge < -0.3 is 9.47 Å². The van der Waals surface area contributed by atoms with Gasteiger partial charge in [-0.2, -0.15) is 0 Å². The van der Waals surface area contributed by atoms with E-state index in [1.54, 1.807) is 0 Å². The molecule has 4 rings (SSSR count). The molecule has 190 valence electrons. The molecule has 0 aliphatic rings. The summed E-state index contributed by atoms with van der Waals surface area (Å²) in [5, 5.41) is 4.35. The topological polar surface area (TPSA) is 18.5 Å². The van der Waals surface area contributed by atoms with Crippen LogP contribution in [-0.2, 0) is 0 Å². The summed E-state index contributed by atoms with van der Waals surface area (Å²) in [6.07, 6.45) is 6.31. The molecule has 4 aromatic carbocycles. The van der Waals surface area contributed by atoms with Gasteiger partial charge in [0.25, 0.3) is 0 Å². The molecular weight excluding hydrogens is 464 g/mol. The zero-order valence-corrected chi connectivity index (χ0v) is 22.4. The third-order valence-electron chi connectivity index (χ3n) is 6.25. The van der Waals surface area contributed by atoms with Gasteiger partial charge in [-0.05, 0) is 35.7 Å². The highest BCUT2D eigenvalue weighted by atomic mass is 16.5. The summed E-state index contributed by atoms with van der Waals surface area (Å²) < 4.78 is 12.2. The standard InChI is InChI=1S/C36H34O2/c1-3-5-7-9-15-27-37-35-25-21-29-17-11-13-19-31(29)33(35)23-24-34-32-20-14-12-18-30(32)22-26-36(34)38-28-16-10-8-6-4-2/h11-14,17-22,25-26H,3-8,27-28H2,1-2H3. The molecule has 0 N–H and O–H groups in total. The molecule has 38 heavy (non-hydrogen) atoms. The summed E-state index contributed by atoms with van der Waals surface area (Å²) in [6.45, 7) is 5.03. The molecule has 0 heterocycles. The Morgan fingerprint density at radius 1 is 0.526 bits per heavy atom. The fraction of sp³-hybridized carbons (Fsp3) is 0.278. The van der Waals surface area contributed by atoms with Crippen molar-refractivity contribution in [3.05, 3.63) is 83.9 Å². The zero-order chi connectivity index (χ0) is 26.4. The molecule has 0 spiro atoms. The van der Waals surface area contributed by atoms with Gasteiger partial charge in [0, 0.05) is 23.6 Å². The summed E-state index contributed by atoms with van der Waals surface area (Å²) >= 11 is 0.